The fraction of sp³-hybridized carbons (Fsp3) is 0.500. The number of hydrogen-bond donors (Lipinski definition) is 5. The number of fused-ring (bicyclic) bond motifs is 1. The molecule has 0 radical (unpaired) electrons. The van der Waals surface area contributed by atoms with Gasteiger partial charge in [0.15, 0.2) is 17.7 Å². The molecule has 2 aromatic heterocycles. The third kappa shape index (κ3) is 2.39. The maximum absolute atomic E-state index is 11.2. The van der Waals surface area contributed by atoms with Gasteiger partial charge in [-0.2, -0.15) is 0 Å². The average molecular weight is 324 g/mol. The molecule has 7 N–H and O–H groups in total. The lowest BCUT2D eigenvalue weighted by atomic mass is 9.97. The van der Waals surface area contributed by atoms with Crippen LogP contribution in [-0.4, -0.2) is 65.7 Å². The van der Waals surface area contributed by atoms with E-state index in [0.717, 1.165) is 0 Å². The van der Waals surface area contributed by atoms with Gasteiger partial charge in [-0.25, -0.2) is 15.0 Å². The fourth-order valence-corrected chi connectivity index (χ4v) is 2.68. The molecule has 0 spiro atoms. The first kappa shape index (κ1) is 15.6. The molecule has 1 aliphatic heterocycles. The Morgan fingerprint density at radius 2 is 2.09 bits per heavy atom. The van der Waals surface area contributed by atoms with Crippen LogP contribution < -0.4 is 11.5 Å². The van der Waals surface area contributed by atoms with Crippen molar-refractivity contribution in [3.05, 3.63) is 12.7 Å². The Kier molecular flexibility index (Phi) is 3.85. The maximum atomic E-state index is 11.2. The topological polar surface area (TPSA) is 183 Å². The highest BCUT2D eigenvalue weighted by Gasteiger charge is 2.49. The second-order valence-electron chi connectivity index (χ2n) is 5.24. The first-order chi connectivity index (χ1) is 11.0. The van der Waals surface area contributed by atoms with E-state index < -0.39 is 36.4 Å². The summed E-state index contributed by atoms with van der Waals surface area (Å²) >= 11 is 0. The minimum absolute atomic E-state index is 0.156. The molecule has 3 heterocycles. The molecule has 0 bridgehead atoms. The van der Waals surface area contributed by atoms with Crippen LogP contribution in [0.1, 0.15) is 6.23 Å². The van der Waals surface area contributed by atoms with Crippen molar-refractivity contribution in [3.8, 4) is 0 Å². The van der Waals surface area contributed by atoms with E-state index in [4.69, 9.17) is 21.3 Å². The van der Waals surface area contributed by atoms with Gasteiger partial charge in [0.2, 0.25) is 0 Å². The Morgan fingerprint density at radius 3 is 2.74 bits per heavy atom. The highest BCUT2D eigenvalue weighted by molar-refractivity contribution is 5.81. The van der Waals surface area contributed by atoms with Crippen molar-refractivity contribution in [2.45, 2.75) is 24.5 Å². The average Bonchev–Trinajstić information content (AvgIpc) is 3.05. The number of aliphatic carboxylic acids is 1. The number of hydrogen-bond acceptors (Lipinski definition) is 9. The molecule has 11 heteroatoms. The first-order valence-electron chi connectivity index (χ1n) is 6.83. The Bertz CT molecular complexity index is 736. The molecular weight excluding hydrogens is 308 g/mol. The van der Waals surface area contributed by atoms with Crippen molar-refractivity contribution in [1.29, 1.82) is 0 Å². The molecule has 1 saturated heterocycles. The van der Waals surface area contributed by atoms with Crippen LogP contribution in [0.25, 0.3) is 11.2 Å². The number of carboxylic acids is 1. The number of ether oxygens (including phenoxy) is 1. The van der Waals surface area contributed by atoms with E-state index in [0.29, 0.717) is 11.2 Å². The van der Waals surface area contributed by atoms with Crippen LogP contribution in [0.4, 0.5) is 5.82 Å². The summed E-state index contributed by atoms with van der Waals surface area (Å²) in [6.45, 7) is -0.240. The highest BCUT2D eigenvalue weighted by atomic mass is 16.6. The second-order valence-corrected chi connectivity index (χ2v) is 5.24. The maximum Gasteiger partial charge on any atom is 0.310 e. The molecule has 1 fully saturated rings. The zero-order valence-corrected chi connectivity index (χ0v) is 11.9. The van der Waals surface area contributed by atoms with Crippen molar-refractivity contribution >= 4 is 23.0 Å². The Balaban J connectivity index is 1.97. The summed E-state index contributed by atoms with van der Waals surface area (Å²) in [4.78, 5) is 23.1. The van der Waals surface area contributed by atoms with Crippen molar-refractivity contribution < 1.29 is 24.9 Å². The van der Waals surface area contributed by atoms with E-state index in [-0.39, 0.29) is 12.4 Å². The van der Waals surface area contributed by atoms with Gasteiger partial charge in [-0.3, -0.25) is 9.36 Å². The summed E-state index contributed by atoms with van der Waals surface area (Å²) in [6, 6.07) is 0. The molecule has 0 saturated carbocycles. The highest BCUT2D eigenvalue weighted by Crippen LogP contribution is 2.34. The van der Waals surface area contributed by atoms with Crippen LogP contribution in [0.2, 0.25) is 0 Å². The van der Waals surface area contributed by atoms with Crippen molar-refractivity contribution in [3.63, 3.8) is 0 Å². The number of rotatable bonds is 4. The third-order valence-corrected chi connectivity index (χ3v) is 3.90. The van der Waals surface area contributed by atoms with E-state index in [1.807, 2.05) is 0 Å². The minimum atomic E-state index is -1.42. The standard InChI is InChI=1S/C12H16N6O5/c13-1-4(12(21)22)8-6(19)7(20)11(23-8)18-3-17-5-9(14)15-2-16-10(5)18/h2-4,6-8,11,19-20H,1,13H2,(H,21,22)(H2,14,15,16)/t4?,6-,7+,8+,11+/m0/s1. The van der Waals surface area contributed by atoms with E-state index in [1.54, 1.807) is 0 Å². The number of imidazole rings is 1. The van der Waals surface area contributed by atoms with Crippen LogP contribution in [0, 0.1) is 5.92 Å². The molecule has 1 unspecified atom stereocenters. The molecule has 11 nitrogen and oxygen atoms in total. The van der Waals surface area contributed by atoms with Gasteiger partial charge in [-0.15, -0.1) is 0 Å². The molecule has 23 heavy (non-hydrogen) atoms. The van der Waals surface area contributed by atoms with Gasteiger partial charge < -0.3 is 31.5 Å². The largest absolute Gasteiger partial charge is 0.481 e. The number of carboxylic acid groups (broad SMARTS) is 1. The van der Waals surface area contributed by atoms with E-state index in [9.17, 15) is 15.0 Å². The van der Waals surface area contributed by atoms with Gasteiger partial charge in [0.05, 0.1) is 12.2 Å². The third-order valence-electron chi connectivity index (χ3n) is 3.90. The summed E-state index contributed by atoms with van der Waals surface area (Å²) in [5.41, 5.74) is 11.7. The lowest BCUT2D eigenvalue weighted by Gasteiger charge is -2.20. The second kappa shape index (κ2) is 5.70. The summed E-state index contributed by atoms with van der Waals surface area (Å²) < 4.78 is 6.93. The van der Waals surface area contributed by atoms with E-state index >= 15 is 0 Å². The molecule has 5 atom stereocenters. The fourth-order valence-electron chi connectivity index (χ4n) is 2.68. The first-order valence-corrected chi connectivity index (χ1v) is 6.83. The number of nitrogens with zero attached hydrogens (tertiary/aromatic N) is 4. The SMILES string of the molecule is NCC(C(=O)O)[C@H]1O[C@@H](n2cnc3c(N)ncnc32)[C@H](O)[C@@H]1O. The Labute approximate surface area is 129 Å². The molecule has 1 aliphatic rings. The van der Waals surface area contributed by atoms with Crippen LogP contribution >= 0.6 is 0 Å². The van der Waals surface area contributed by atoms with Gasteiger partial charge in [0.1, 0.15) is 30.2 Å². The van der Waals surface area contributed by atoms with Gasteiger partial charge in [-0.05, 0) is 0 Å². The summed E-state index contributed by atoms with van der Waals surface area (Å²) in [5.74, 6) is -2.21. The molecular formula is C12H16N6O5. The van der Waals surface area contributed by atoms with Gasteiger partial charge in [0, 0.05) is 6.54 Å². The predicted octanol–water partition coefficient (Wildman–Crippen LogP) is -2.31. The lowest BCUT2D eigenvalue weighted by Crippen LogP contribution is -2.42. The summed E-state index contributed by atoms with van der Waals surface area (Å²) in [5, 5.41) is 29.5. The number of nitrogens with two attached hydrogens (primary N) is 2. The monoisotopic (exact) mass is 324 g/mol. The minimum Gasteiger partial charge on any atom is -0.481 e. The molecule has 0 amide bonds. The normalized spacial score (nSPS) is 29.0. The molecule has 0 aromatic carbocycles. The lowest BCUT2D eigenvalue weighted by molar-refractivity contribution is -0.150. The van der Waals surface area contributed by atoms with Crippen LogP contribution in [0.5, 0.6) is 0 Å². The predicted molar refractivity (Wildman–Crippen MR) is 75.8 cm³/mol. The molecule has 2 aromatic rings. The van der Waals surface area contributed by atoms with Crippen LogP contribution in [0.3, 0.4) is 0 Å². The van der Waals surface area contributed by atoms with Crippen molar-refractivity contribution in [2.24, 2.45) is 11.7 Å². The molecule has 124 valence electrons. The Morgan fingerprint density at radius 1 is 1.35 bits per heavy atom. The van der Waals surface area contributed by atoms with Gasteiger partial charge >= 0.3 is 5.97 Å². The number of aliphatic hydroxyl groups is 2. The zero-order chi connectivity index (χ0) is 16.7. The number of aliphatic hydroxyl groups excluding tert-OH is 2. The van der Waals surface area contributed by atoms with Gasteiger partial charge in [-0.1, -0.05) is 0 Å². The molecule has 0 aliphatic carbocycles. The van der Waals surface area contributed by atoms with E-state index in [2.05, 4.69) is 15.0 Å². The van der Waals surface area contributed by atoms with Crippen molar-refractivity contribution in [2.75, 3.05) is 12.3 Å². The van der Waals surface area contributed by atoms with Crippen molar-refractivity contribution in [1.82, 2.24) is 19.5 Å². The number of carbonyl (C=O) groups is 1. The van der Waals surface area contributed by atoms with Crippen LogP contribution in [-0.2, 0) is 9.53 Å². The zero-order valence-electron chi connectivity index (χ0n) is 11.9. The Hall–Kier alpha value is -2.34. The number of nitrogen functional groups attached to an aromatic ring is 1. The summed E-state index contributed by atoms with van der Waals surface area (Å²) in [7, 11) is 0. The van der Waals surface area contributed by atoms with Gasteiger partial charge in [0.25, 0.3) is 0 Å². The van der Waals surface area contributed by atoms with Crippen LogP contribution in [0.15, 0.2) is 12.7 Å². The number of anilines is 1. The number of aromatic nitrogens is 4. The van der Waals surface area contributed by atoms with E-state index in [1.165, 1.54) is 17.2 Å². The molecule has 3 rings (SSSR count). The quantitative estimate of drug-likeness (QED) is 0.409. The smallest absolute Gasteiger partial charge is 0.310 e. The summed E-state index contributed by atoms with van der Waals surface area (Å²) in [6.07, 6.45) is -2.46.